The van der Waals surface area contributed by atoms with E-state index in [1.54, 1.807) is 18.2 Å². The number of ether oxygens (including phenoxy) is 1. The van der Waals surface area contributed by atoms with Crippen molar-refractivity contribution in [1.82, 2.24) is 5.32 Å². The average Bonchev–Trinajstić information content (AvgIpc) is 2.71. The van der Waals surface area contributed by atoms with Gasteiger partial charge in [0.15, 0.2) is 0 Å². The molecule has 2 rings (SSSR count). The molecule has 0 aromatic heterocycles. The average molecular weight is 408 g/mol. The van der Waals surface area contributed by atoms with Crippen LogP contribution in [0.5, 0.6) is 5.75 Å². The van der Waals surface area contributed by atoms with E-state index < -0.39 is 0 Å². The smallest absolute Gasteiger partial charge is 0.234 e. The minimum Gasteiger partial charge on any atom is -0.494 e. The van der Waals surface area contributed by atoms with Gasteiger partial charge in [-0.2, -0.15) is 5.26 Å². The second-order valence-electron chi connectivity index (χ2n) is 8.08. The van der Waals surface area contributed by atoms with E-state index >= 15 is 0 Å². The third kappa shape index (κ3) is 7.96. The summed E-state index contributed by atoms with van der Waals surface area (Å²) in [6, 6.07) is 17.1. The molecule has 30 heavy (non-hydrogen) atoms. The summed E-state index contributed by atoms with van der Waals surface area (Å²) in [5.74, 6) is 0.430. The van der Waals surface area contributed by atoms with Crippen LogP contribution in [0.4, 0.5) is 5.69 Å². The Bertz CT molecular complexity index is 876. The first kappa shape index (κ1) is 23.0. The summed E-state index contributed by atoms with van der Waals surface area (Å²) >= 11 is 0. The Hall–Kier alpha value is -3.33. The molecular weight excluding hydrogens is 378 g/mol. The van der Waals surface area contributed by atoms with E-state index in [0.717, 1.165) is 11.3 Å². The van der Waals surface area contributed by atoms with Crippen molar-refractivity contribution in [3.8, 4) is 11.8 Å². The lowest BCUT2D eigenvalue weighted by atomic mass is 9.87. The fourth-order valence-electron chi connectivity index (χ4n) is 2.74. The lowest BCUT2D eigenvalue weighted by Crippen LogP contribution is -2.21. The van der Waals surface area contributed by atoms with Crippen LogP contribution in [0.3, 0.4) is 0 Å². The SMILES string of the molecule is CC(C)(C)c1ccc(OCCCC(=O)Nc2ccc(CNC(=O)CC#N)cc2)cc1. The highest BCUT2D eigenvalue weighted by molar-refractivity contribution is 5.90. The van der Waals surface area contributed by atoms with Gasteiger partial charge in [-0.1, -0.05) is 45.0 Å². The Kier molecular flexibility index (Phi) is 8.42. The maximum Gasteiger partial charge on any atom is 0.234 e. The summed E-state index contributed by atoms with van der Waals surface area (Å²) in [6.45, 7) is 7.34. The molecule has 0 bridgehead atoms. The third-order valence-electron chi connectivity index (χ3n) is 4.50. The number of hydrogen-bond donors (Lipinski definition) is 2. The monoisotopic (exact) mass is 407 g/mol. The minimum atomic E-state index is -0.303. The molecule has 0 heterocycles. The highest BCUT2D eigenvalue weighted by Gasteiger charge is 2.13. The van der Waals surface area contributed by atoms with Crippen LogP contribution in [0.1, 0.15) is 51.2 Å². The van der Waals surface area contributed by atoms with Gasteiger partial charge in [0, 0.05) is 18.7 Å². The van der Waals surface area contributed by atoms with Gasteiger partial charge in [0.2, 0.25) is 11.8 Å². The van der Waals surface area contributed by atoms with Gasteiger partial charge in [-0.15, -0.1) is 0 Å². The fraction of sp³-hybridized carbons (Fsp3) is 0.375. The number of nitriles is 1. The molecule has 2 aromatic rings. The number of nitrogens with one attached hydrogen (secondary N) is 2. The number of carbonyl (C=O) groups is 2. The van der Waals surface area contributed by atoms with Gasteiger partial charge < -0.3 is 15.4 Å². The normalized spacial score (nSPS) is 10.7. The molecule has 6 heteroatoms. The van der Waals surface area contributed by atoms with E-state index in [4.69, 9.17) is 10.00 Å². The molecule has 0 saturated heterocycles. The van der Waals surface area contributed by atoms with Gasteiger partial charge in [-0.05, 0) is 47.2 Å². The van der Waals surface area contributed by atoms with Crippen molar-refractivity contribution in [2.24, 2.45) is 0 Å². The summed E-state index contributed by atoms with van der Waals surface area (Å²) in [5, 5.41) is 14.0. The summed E-state index contributed by atoms with van der Waals surface area (Å²) in [5.41, 5.74) is 2.96. The molecule has 0 fully saturated rings. The first-order valence-corrected chi connectivity index (χ1v) is 10.0. The predicted molar refractivity (Wildman–Crippen MR) is 117 cm³/mol. The number of nitrogens with zero attached hydrogens (tertiary/aromatic N) is 1. The Labute approximate surface area is 178 Å². The van der Waals surface area contributed by atoms with Gasteiger partial charge in [0.05, 0.1) is 12.7 Å². The molecule has 2 amide bonds. The summed E-state index contributed by atoms with van der Waals surface area (Å²) in [7, 11) is 0. The number of benzene rings is 2. The Morgan fingerprint density at radius 2 is 1.67 bits per heavy atom. The molecule has 0 aliphatic carbocycles. The molecule has 0 atom stereocenters. The number of rotatable bonds is 9. The van der Waals surface area contributed by atoms with E-state index in [1.807, 2.05) is 24.3 Å². The first-order chi connectivity index (χ1) is 14.3. The number of carbonyl (C=O) groups excluding carboxylic acids is 2. The second kappa shape index (κ2) is 11.0. The maximum atomic E-state index is 12.1. The molecule has 0 unspecified atom stereocenters. The standard InChI is InChI=1S/C24H29N3O3/c1-24(2,3)19-8-12-21(13-9-19)30-16-4-5-23(29)27-20-10-6-18(7-11-20)17-26-22(28)14-15-25/h6-13H,4-5,14,16-17H2,1-3H3,(H,26,28)(H,27,29). The first-order valence-electron chi connectivity index (χ1n) is 10.0. The molecule has 158 valence electrons. The van der Waals surface area contributed by atoms with Crippen LogP contribution >= 0.6 is 0 Å². The van der Waals surface area contributed by atoms with E-state index in [-0.39, 0.29) is 23.7 Å². The van der Waals surface area contributed by atoms with Crippen molar-refractivity contribution in [3.63, 3.8) is 0 Å². The molecule has 2 N–H and O–H groups in total. The Balaban J connectivity index is 1.68. The zero-order valence-electron chi connectivity index (χ0n) is 17.8. The van der Waals surface area contributed by atoms with Gasteiger partial charge >= 0.3 is 0 Å². The van der Waals surface area contributed by atoms with Crippen molar-refractivity contribution in [1.29, 1.82) is 5.26 Å². The Morgan fingerprint density at radius 3 is 2.27 bits per heavy atom. The lowest BCUT2D eigenvalue weighted by Gasteiger charge is -2.19. The second-order valence-corrected chi connectivity index (χ2v) is 8.08. The van der Waals surface area contributed by atoms with Gasteiger partial charge in [-0.3, -0.25) is 9.59 Å². The van der Waals surface area contributed by atoms with Crippen molar-refractivity contribution < 1.29 is 14.3 Å². The van der Waals surface area contributed by atoms with Gasteiger partial charge in [0.25, 0.3) is 0 Å². The van der Waals surface area contributed by atoms with Crippen LogP contribution in [-0.4, -0.2) is 18.4 Å². The fourth-order valence-corrected chi connectivity index (χ4v) is 2.74. The van der Waals surface area contributed by atoms with E-state index in [1.165, 1.54) is 5.56 Å². The predicted octanol–water partition coefficient (Wildman–Crippen LogP) is 4.31. The van der Waals surface area contributed by atoms with E-state index in [0.29, 0.717) is 31.7 Å². The molecule has 0 aliphatic heterocycles. The zero-order valence-corrected chi connectivity index (χ0v) is 17.8. The van der Waals surface area contributed by atoms with E-state index in [9.17, 15) is 9.59 Å². The van der Waals surface area contributed by atoms with Crippen LogP contribution in [0, 0.1) is 11.3 Å². The van der Waals surface area contributed by atoms with Crippen LogP contribution in [0.25, 0.3) is 0 Å². The molecule has 2 aromatic carbocycles. The largest absolute Gasteiger partial charge is 0.494 e. The molecular formula is C24H29N3O3. The van der Waals surface area contributed by atoms with Gasteiger partial charge in [0.1, 0.15) is 12.2 Å². The van der Waals surface area contributed by atoms with Crippen LogP contribution < -0.4 is 15.4 Å². The topological polar surface area (TPSA) is 91.2 Å². The molecule has 0 saturated carbocycles. The zero-order chi connectivity index (χ0) is 22.0. The van der Waals surface area contributed by atoms with Crippen molar-refractivity contribution >= 4 is 17.5 Å². The summed E-state index contributed by atoms with van der Waals surface area (Å²) < 4.78 is 5.72. The maximum absolute atomic E-state index is 12.1. The number of anilines is 1. The highest BCUT2D eigenvalue weighted by atomic mass is 16.5. The van der Waals surface area contributed by atoms with Crippen molar-refractivity contribution in [2.75, 3.05) is 11.9 Å². The molecule has 0 spiro atoms. The van der Waals surface area contributed by atoms with Crippen LogP contribution in [0.2, 0.25) is 0 Å². The molecule has 0 radical (unpaired) electrons. The number of hydrogen-bond acceptors (Lipinski definition) is 4. The third-order valence-corrected chi connectivity index (χ3v) is 4.50. The highest BCUT2D eigenvalue weighted by Crippen LogP contribution is 2.24. The van der Waals surface area contributed by atoms with Crippen LogP contribution in [-0.2, 0) is 21.5 Å². The number of amides is 2. The molecule has 0 aliphatic rings. The quantitative estimate of drug-likeness (QED) is 0.606. The van der Waals surface area contributed by atoms with E-state index in [2.05, 4.69) is 43.5 Å². The van der Waals surface area contributed by atoms with Gasteiger partial charge in [-0.25, -0.2) is 0 Å². The van der Waals surface area contributed by atoms with Crippen molar-refractivity contribution in [3.05, 3.63) is 59.7 Å². The Morgan fingerprint density at radius 1 is 1.00 bits per heavy atom. The lowest BCUT2D eigenvalue weighted by molar-refractivity contribution is -0.120. The summed E-state index contributed by atoms with van der Waals surface area (Å²) in [6.07, 6.45) is 0.835. The van der Waals surface area contributed by atoms with Crippen molar-refractivity contribution in [2.45, 2.75) is 52.0 Å². The van der Waals surface area contributed by atoms with Crippen LogP contribution in [0.15, 0.2) is 48.5 Å². The minimum absolute atomic E-state index is 0.0725. The molecule has 6 nitrogen and oxygen atoms in total. The summed E-state index contributed by atoms with van der Waals surface area (Å²) in [4.78, 5) is 23.4.